The Morgan fingerprint density at radius 2 is 1.88 bits per heavy atom. The molecule has 2 rings (SSSR count). The molecule has 4 heteroatoms. The maximum Gasteiger partial charge on any atom is 0.127 e. The van der Waals surface area contributed by atoms with Gasteiger partial charge in [-0.3, -0.25) is 0 Å². The van der Waals surface area contributed by atoms with Crippen LogP contribution in [0.15, 0.2) is 53.1 Å². The molecule has 2 aromatic rings. The molecule has 1 unspecified atom stereocenters. The third-order valence-electron chi connectivity index (χ3n) is 2.42. The molecule has 17 heavy (non-hydrogen) atoms. The molecule has 3 nitrogen and oxygen atoms in total. The highest BCUT2D eigenvalue weighted by Crippen LogP contribution is 2.18. The van der Waals surface area contributed by atoms with Crippen molar-refractivity contribution in [1.29, 1.82) is 0 Å². The van der Waals surface area contributed by atoms with Crippen molar-refractivity contribution in [2.45, 2.75) is 6.04 Å². The van der Waals surface area contributed by atoms with Gasteiger partial charge in [-0.05, 0) is 33.6 Å². The summed E-state index contributed by atoms with van der Waals surface area (Å²) in [5, 5.41) is 12.6. The first-order chi connectivity index (χ1) is 8.29. The molecule has 0 bridgehead atoms. The lowest BCUT2D eigenvalue weighted by Gasteiger charge is -2.17. The van der Waals surface area contributed by atoms with Crippen LogP contribution in [0.2, 0.25) is 0 Å². The summed E-state index contributed by atoms with van der Waals surface area (Å²) in [4.78, 5) is 4.28. The molecule has 0 aliphatic carbocycles. The minimum Gasteiger partial charge on any atom is -0.394 e. The van der Waals surface area contributed by atoms with Gasteiger partial charge in [-0.2, -0.15) is 0 Å². The van der Waals surface area contributed by atoms with Gasteiger partial charge in [-0.1, -0.05) is 36.4 Å². The third-order valence-corrected chi connectivity index (χ3v) is 2.86. The zero-order valence-corrected chi connectivity index (χ0v) is 10.8. The zero-order chi connectivity index (χ0) is 12.1. The quantitative estimate of drug-likeness (QED) is 0.852. The van der Waals surface area contributed by atoms with Crippen molar-refractivity contribution in [2.24, 2.45) is 0 Å². The summed E-state index contributed by atoms with van der Waals surface area (Å²) >= 11 is 3.32. The second kappa shape index (κ2) is 5.80. The molecular formula is C13H13BrN2O. The van der Waals surface area contributed by atoms with Gasteiger partial charge in [0, 0.05) is 0 Å². The number of hydrogen-bond acceptors (Lipinski definition) is 3. The lowest BCUT2D eigenvalue weighted by Crippen LogP contribution is -2.15. The van der Waals surface area contributed by atoms with Gasteiger partial charge >= 0.3 is 0 Å². The number of pyridine rings is 1. The van der Waals surface area contributed by atoms with E-state index in [4.69, 9.17) is 0 Å². The van der Waals surface area contributed by atoms with E-state index in [1.807, 2.05) is 48.5 Å². The number of halogens is 1. The van der Waals surface area contributed by atoms with Gasteiger partial charge in [0.25, 0.3) is 0 Å². The van der Waals surface area contributed by atoms with Crippen LogP contribution >= 0.6 is 15.9 Å². The van der Waals surface area contributed by atoms with E-state index in [0.29, 0.717) is 0 Å². The summed E-state index contributed by atoms with van der Waals surface area (Å²) in [5.74, 6) is 0.738. The van der Waals surface area contributed by atoms with Gasteiger partial charge < -0.3 is 10.4 Å². The number of benzene rings is 1. The number of hydrogen-bond donors (Lipinski definition) is 2. The molecule has 1 atom stereocenters. The Labute approximate surface area is 109 Å². The Balaban J connectivity index is 2.16. The van der Waals surface area contributed by atoms with Crippen molar-refractivity contribution < 1.29 is 5.11 Å². The molecule has 1 aromatic heterocycles. The smallest absolute Gasteiger partial charge is 0.127 e. The predicted molar refractivity (Wildman–Crippen MR) is 71.8 cm³/mol. The fourth-order valence-electron chi connectivity index (χ4n) is 1.59. The Bertz CT molecular complexity index is 476. The van der Waals surface area contributed by atoms with E-state index in [1.165, 1.54) is 0 Å². The first-order valence-electron chi connectivity index (χ1n) is 5.34. The van der Waals surface area contributed by atoms with E-state index >= 15 is 0 Å². The largest absolute Gasteiger partial charge is 0.394 e. The van der Waals surface area contributed by atoms with Crippen molar-refractivity contribution in [3.8, 4) is 0 Å². The molecule has 0 aliphatic rings. The van der Waals surface area contributed by atoms with Crippen LogP contribution in [0.1, 0.15) is 11.6 Å². The Hall–Kier alpha value is -1.39. The number of aromatic nitrogens is 1. The van der Waals surface area contributed by atoms with E-state index in [9.17, 15) is 5.11 Å². The molecule has 0 fully saturated rings. The van der Waals surface area contributed by atoms with E-state index in [1.54, 1.807) is 0 Å². The van der Waals surface area contributed by atoms with Crippen LogP contribution in [0.25, 0.3) is 0 Å². The maximum atomic E-state index is 9.41. The summed E-state index contributed by atoms with van der Waals surface area (Å²) < 4.78 is 0.771. The topological polar surface area (TPSA) is 45.1 Å². The van der Waals surface area contributed by atoms with Crippen molar-refractivity contribution in [2.75, 3.05) is 11.9 Å². The number of aliphatic hydroxyl groups excluding tert-OH is 1. The molecule has 0 saturated heterocycles. The average Bonchev–Trinajstić information content (AvgIpc) is 2.37. The second-order valence-electron chi connectivity index (χ2n) is 3.64. The van der Waals surface area contributed by atoms with Crippen LogP contribution in [0.3, 0.4) is 0 Å². The Morgan fingerprint density at radius 1 is 1.12 bits per heavy atom. The monoisotopic (exact) mass is 292 g/mol. The first-order valence-corrected chi connectivity index (χ1v) is 6.14. The Morgan fingerprint density at radius 3 is 2.53 bits per heavy atom. The SMILES string of the molecule is OCC(Nc1cccc(Br)n1)c1ccccc1. The van der Waals surface area contributed by atoms with Crippen LogP contribution in [0, 0.1) is 0 Å². The van der Waals surface area contributed by atoms with Gasteiger partial charge in [0.15, 0.2) is 0 Å². The molecule has 0 saturated carbocycles. The summed E-state index contributed by atoms with van der Waals surface area (Å²) in [6.45, 7) is 0.0260. The van der Waals surface area contributed by atoms with E-state index in [2.05, 4.69) is 26.2 Å². The van der Waals surface area contributed by atoms with Crippen LogP contribution in [0.5, 0.6) is 0 Å². The molecule has 0 amide bonds. The highest BCUT2D eigenvalue weighted by molar-refractivity contribution is 9.10. The molecule has 1 heterocycles. The van der Waals surface area contributed by atoms with Crippen molar-refractivity contribution in [3.63, 3.8) is 0 Å². The Kier molecular flexibility index (Phi) is 4.12. The fraction of sp³-hybridized carbons (Fsp3) is 0.154. The summed E-state index contributed by atoms with van der Waals surface area (Å²) in [7, 11) is 0. The van der Waals surface area contributed by atoms with Crippen molar-refractivity contribution in [1.82, 2.24) is 4.98 Å². The van der Waals surface area contributed by atoms with Crippen LogP contribution in [-0.2, 0) is 0 Å². The van der Waals surface area contributed by atoms with Crippen LogP contribution in [-0.4, -0.2) is 16.7 Å². The summed E-state index contributed by atoms with van der Waals surface area (Å²) in [5.41, 5.74) is 1.04. The van der Waals surface area contributed by atoms with Crippen LogP contribution in [0.4, 0.5) is 5.82 Å². The van der Waals surface area contributed by atoms with Gasteiger partial charge in [0.05, 0.1) is 12.6 Å². The highest BCUT2D eigenvalue weighted by Gasteiger charge is 2.09. The summed E-state index contributed by atoms with van der Waals surface area (Å²) in [6.07, 6.45) is 0. The standard InChI is InChI=1S/C13H13BrN2O/c14-12-7-4-8-13(16-12)15-11(9-17)10-5-2-1-3-6-10/h1-8,11,17H,9H2,(H,15,16). The van der Waals surface area contributed by atoms with Gasteiger partial charge in [-0.25, -0.2) is 4.98 Å². The molecule has 0 aliphatic heterocycles. The average molecular weight is 293 g/mol. The zero-order valence-electron chi connectivity index (χ0n) is 9.18. The van der Waals surface area contributed by atoms with Crippen molar-refractivity contribution in [3.05, 3.63) is 58.7 Å². The van der Waals surface area contributed by atoms with Gasteiger partial charge in [-0.15, -0.1) is 0 Å². The molecule has 2 N–H and O–H groups in total. The van der Waals surface area contributed by atoms with Crippen LogP contribution < -0.4 is 5.32 Å². The molecule has 0 radical (unpaired) electrons. The minimum atomic E-state index is -0.141. The molecule has 1 aromatic carbocycles. The van der Waals surface area contributed by atoms with E-state index < -0.39 is 0 Å². The lowest BCUT2D eigenvalue weighted by atomic mass is 10.1. The van der Waals surface area contributed by atoms with Gasteiger partial charge in [0.2, 0.25) is 0 Å². The van der Waals surface area contributed by atoms with E-state index in [0.717, 1.165) is 16.0 Å². The minimum absolute atomic E-state index is 0.0260. The number of aliphatic hydroxyl groups is 1. The number of nitrogens with zero attached hydrogens (tertiary/aromatic N) is 1. The molecule has 0 spiro atoms. The van der Waals surface area contributed by atoms with Gasteiger partial charge in [0.1, 0.15) is 10.4 Å². The highest BCUT2D eigenvalue weighted by atomic mass is 79.9. The molecular weight excluding hydrogens is 280 g/mol. The fourth-order valence-corrected chi connectivity index (χ4v) is 1.93. The number of nitrogens with one attached hydrogen (secondary N) is 1. The van der Waals surface area contributed by atoms with E-state index in [-0.39, 0.29) is 12.6 Å². The third kappa shape index (κ3) is 3.28. The summed E-state index contributed by atoms with van der Waals surface area (Å²) in [6, 6.07) is 15.3. The lowest BCUT2D eigenvalue weighted by molar-refractivity contribution is 0.276. The number of rotatable bonds is 4. The normalized spacial score (nSPS) is 12.1. The van der Waals surface area contributed by atoms with Crippen molar-refractivity contribution >= 4 is 21.7 Å². The first kappa shape index (κ1) is 12.1. The predicted octanol–water partition coefficient (Wildman–Crippen LogP) is 2.99. The molecule has 88 valence electrons. The second-order valence-corrected chi connectivity index (χ2v) is 4.45. The number of anilines is 1. The maximum absolute atomic E-state index is 9.41.